The molecule has 6 heteroatoms. The summed E-state index contributed by atoms with van der Waals surface area (Å²) in [5.74, 6) is -0.858. The molecule has 0 aliphatic carbocycles. The molecular formula is C16H19NO4S. The summed E-state index contributed by atoms with van der Waals surface area (Å²) < 4.78 is 0. The van der Waals surface area contributed by atoms with E-state index in [1.165, 1.54) is 11.8 Å². The van der Waals surface area contributed by atoms with E-state index in [2.05, 4.69) is 0 Å². The number of nitrogens with zero attached hydrogens (tertiary/aromatic N) is 1. The normalized spacial score (nSPS) is 17.0. The molecule has 0 bridgehead atoms. The number of carboxylic acid groups (broad SMARTS) is 1. The van der Waals surface area contributed by atoms with Gasteiger partial charge in [-0.15, -0.1) is 0 Å². The van der Waals surface area contributed by atoms with Gasteiger partial charge in [-0.1, -0.05) is 29.5 Å². The van der Waals surface area contributed by atoms with Gasteiger partial charge in [0.1, 0.15) is 6.04 Å². The van der Waals surface area contributed by atoms with E-state index >= 15 is 0 Å². The lowest BCUT2D eigenvalue weighted by Crippen LogP contribution is -2.48. The van der Waals surface area contributed by atoms with Crippen molar-refractivity contribution in [3.63, 3.8) is 0 Å². The Kier molecular flexibility index (Phi) is 5.24. The molecule has 1 atom stereocenters. The van der Waals surface area contributed by atoms with Crippen molar-refractivity contribution in [1.82, 2.24) is 0 Å². The average molecular weight is 321 g/mol. The SMILES string of the molecule is CC(=O)SCCC(=O)N1c2ccc(C)cc2CCC1C(=O)O. The van der Waals surface area contributed by atoms with E-state index in [-0.39, 0.29) is 17.4 Å². The molecule has 2 rings (SSSR count). The van der Waals surface area contributed by atoms with E-state index in [1.807, 2.05) is 25.1 Å². The number of carboxylic acids is 1. The minimum atomic E-state index is -0.987. The minimum Gasteiger partial charge on any atom is -0.480 e. The van der Waals surface area contributed by atoms with Crippen molar-refractivity contribution in [1.29, 1.82) is 0 Å². The molecule has 0 fully saturated rings. The number of hydrogen-bond donors (Lipinski definition) is 1. The Morgan fingerprint density at radius 2 is 2.09 bits per heavy atom. The number of aryl methyl sites for hydroxylation is 2. The van der Waals surface area contributed by atoms with Crippen LogP contribution in [-0.4, -0.2) is 33.9 Å². The first-order valence-electron chi connectivity index (χ1n) is 7.18. The van der Waals surface area contributed by atoms with Gasteiger partial charge in [0.25, 0.3) is 0 Å². The Morgan fingerprint density at radius 1 is 1.36 bits per heavy atom. The van der Waals surface area contributed by atoms with Gasteiger partial charge in [-0.05, 0) is 31.4 Å². The van der Waals surface area contributed by atoms with Crippen molar-refractivity contribution >= 4 is 34.4 Å². The highest BCUT2D eigenvalue weighted by Crippen LogP contribution is 2.32. The lowest BCUT2D eigenvalue weighted by Gasteiger charge is -2.35. The number of anilines is 1. The molecule has 1 aromatic carbocycles. The fourth-order valence-corrected chi connectivity index (χ4v) is 3.25. The topological polar surface area (TPSA) is 74.7 Å². The number of fused-ring (bicyclic) bond motifs is 1. The number of carbonyl (C=O) groups is 3. The summed E-state index contributed by atoms with van der Waals surface area (Å²) in [6.45, 7) is 3.42. The average Bonchev–Trinajstić information content (AvgIpc) is 2.44. The second kappa shape index (κ2) is 6.96. The van der Waals surface area contributed by atoms with Gasteiger partial charge in [0.15, 0.2) is 5.12 Å². The first kappa shape index (κ1) is 16.5. The molecule has 1 heterocycles. The van der Waals surface area contributed by atoms with Crippen molar-refractivity contribution in [2.45, 2.75) is 39.2 Å². The first-order chi connectivity index (χ1) is 10.4. The summed E-state index contributed by atoms with van der Waals surface area (Å²) in [4.78, 5) is 36.3. The predicted molar refractivity (Wildman–Crippen MR) is 86.2 cm³/mol. The Morgan fingerprint density at radius 3 is 2.73 bits per heavy atom. The first-order valence-corrected chi connectivity index (χ1v) is 8.16. The van der Waals surface area contributed by atoms with Crippen molar-refractivity contribution < 1.29 is 19.5 Å². The van der Waals surface area contributed by atoms with Crippen LogP contribution >= 0.6 is 11.8 Å². The van der Waals surface area contributed by atoms with E-state index in [0.29, 0.717) is 24.3 Å². The second-order valence-electron chi connectivity index (χ2n) is 5.38. The highest BCUT2D eigenvalue weighted by molar-refractivity contribution is 8.13. The molecule has 1 aliphatic rings. The third-order valence-electron chi connectivity index (χ3n) is 3.67. The number of thioether (sulfide) groups is 1. The minimum absolute atomic E-state index is 0.0442. The van der Waals surface area contributed by atoms with Gasteiger partial charge in [0, 0.05) is 24.8 Å². The molecular weight excluding hydrogens is 302 g/mol. The highest BCUT2D eigenvalue weighted by atomic mass is 32.2. The fourth-order valence-electron chi connectivity index (χ4n) is 2.68. The molecule has 0 saturated heterocycles. The lowest BCUT2D eigenvalue weighted by molar-refractivity contribution is -0.140. The number of carbonyl (C=O) groups excluding carboxylic acids is 2. The Bertz CT molecular complexity index is 614. The van der Waals surface area contributed by atoms with Crippen LogP contribution in [0.3, 0.4) is 0 Å². The number of hydrogen-bond acceptors (Lipinski definition) is 4. The second-order valence-corrected chi connectivity index (χ2v) is 6.65. The van der Waals surface area contributed by atoms with Crippen LogP contribution in [-0.2, 0) is 20.8 Å². The van der Waals surface area contributed by atoms with Crippen LogP contribution in [0.2, 0.25) is 0 Å². The molecule has 1 amide bonds. The summed E-state index contributed by atoms with van der Waals surface area (Å²) >= 11 is 1.08. The van der Waals surface area contributed by atoms with E-state index in [9.17, 15) is 19.5 Å². The molecule has 0 radical (unpaired) electrons. The number of rotatable bonds is 4. The van der Waals surface area contributed by atoms with Crippen LogP contribution in [0, 0.1) is 6.92 Å². The molecule has 0 aromatic heterocycles. The highest BCUT2D eigenvalue weighted by Gasteiger charge is 2.35. The van der Waals surface area contributed by atoms with Gasteiger partial charge < -0.3 is 5.11 Å². The van der Waals surface area contributed by atoms with E-state index in [0.717, 1.165) is 22.9 Å². The Hall–Kier alpha value is -1.82. The van der Waals surface area contributed by atoms with E-state index in [1.54, 1.807) is 0 Å². The van der Waals surface area contributed by atoms with Gasteiger partial charge in [0.2, 0.25) is 5.91 Å². The largest absolute Gasteiger partial charge is 0.480 e. The van der Waals surface area contributed by atoms with Crippen molar-refractivity contribution in [3.8, 4) is 0 Å². The summed E-state index contributed by atoms with van der Waals surface area (Å²) in [6.07, 6.45) is 1.22. The maximum atomic E-state index is 12.5. The van der Waals surface area contributed by atoms with Crippen molar-refractivity contribution in [2.75, 3.05) is 10.7 Å². The monoisotopic (exact) mass is 321 g/mol. The van der Waals surface area contributed by atoms with Crippen LogP contribution in [0.15, 0.2) is 18.2 Å². The van der Waals surface area contributed by atoms with Crippen LogP contribution in [0.25, 0.3) is 0 Å². The molecule has 1 aromatic rings. The summed E-state index contributed by atoms with van der Waals surface area (Å²) in [5, 5.41) is 9.35. The molecule has 0 spiro atoms. The molecule has 22 heavy (non-hydrogen) atoms. The Labute approximate surface area is 133 Å². The summed E-state index contributed by atoms with van der Waals surface area (Å²) in [6, 6.07) is 4.87. The lowest BCUT2D eigenvalue weighted by atomic mass is 9.94. The van der Waals surface area contributed by atoms with Gasteiger partial charge in [-0.25, -0.2) is 4.79 Å². The zero-order chi connectivity index (χ0) is 16.3. The maximum Gasteiger partial charge on any atom is 0.326 e. The van der Waals surface area contributed by atoms with Gasteiger partial charge >= 0.3 is 5.97 Å². The Balaban J connectivity index is 2.25. The predicted octanol–water partition coefficient (Wildman–Crippen LogP) is 2.40. The van der Waals surface area contributed by atoms with Crippen molar-refractivity contribution in [3.05, 3.63) is 29.3 Å². The van der Waals surface area contributed by atoms with Crippen LogP contribution in [0.4, 0.5) is 5.69 Å². The van der Waals surface area contributed by atoms with E-state index in [4.69, 9.17) is 0 Å². The molecule has 1 unspecified atom stereocenters. The molecule has 1 aliphatic heterocycles. The maximum absolute atomic E-state index is 12.5. The van der Waals surface area contributed by atoms with E-state index < -0.39 is 12.0 Å². The zero-order valence-corrected chi connectivity index (χ0v) is 13.5. The molecule has 5 nitrogen and oxygen atoms in total. The van der Waals surface area contributed by atoms with Crippen molar-refractivity contribution in [2.24, 2.45) is 0 Å². The molecule has 0 saturated carbocycles. The van der Waals surface area contributed by atoms with Gasteiger partial charge in [0.05, 0.1) is 0 Å². The van der Waals surface area contributed by atoms with Crippen LogP contribution in [0.1, 0.15) is 30.9 Å². The third kappa shape index (κ3) is 3.68. The number of amides is 1. The number of benzene rings is 1. The third-order valence-corrected chi connectivity index (χ3v) is 4.48. The molecule has 1 N–H and O–H groups in total. The number of aliphatic carboxylic acids is 1. The van der Waals surface area contributed by atoms with Gasteiger partial charge in [-0.2, -0.15) is 0 Å². The summed E-state index contributed by atoms with van der Waals surface area (Å²) in [5.41, 5.74) is 2.78. The zero-order valence-electron chi connectivity index (χ0n) is 12.7. The standard InChI is InChI=1S/C16H19NO4S/c1-10-3-5-13-12(9-10)4-6-14(16(20)21)17(13)15(19)7-8-22-11(2)18/h3,5,9,14H,4,6-8H2,1-2H3,(H,20,21). The van der Waals surface area contributed by atoms with Crippen LogP contribution in [0.5, 0.6) is 0 Å². The quantitative estimate of drug-likeness (QED) is 0.921. The van der Waals surface area contributed by atoms with Crippen LogP contribution < -0.4 is 4.90 Å². The van der Waals surface area contributed by atoms with Gasteiger partial charge in [-0.3, -0.25) is 14.5 Å². The smallest absolute Gasteiger partial charge is 0.326 e. The summed E-state index contributed by atoms with van der Waals surface area (Å²) in [7, 11) is 0. The molecule has 118 valence electrons. The fraction of sp³-hybridized carbons (Fsp3) is 0.438.